The van der Waals surface area contributed by atoms with Gasteiger partial charge < -0.3 is 24.4 Å². The van der Waals surface area contributed by atoms with E-state index in [1.807, 2.05) is 44.2 Å². The molecule has 1 saturated heterocycles. The van der Waals surface area contributed by atoms with E-state index in [2.05, 4.69) is 16.8 Å². The molecular formula is C30H37N3O5. The third-order valence-electron chi connectivity index (χ3n) is 7.29. The molecule has 2 amide bonds. The van der Waals surface area contributed by atoms with Gasteiger partial charge in [0.2, 0.25) is 11.8 Å². The topological polar surface area (TPSA) is 92.2 Å². The number of aromatic nitrogens is 1. The Hall–Kier alpha value is -3.41. The van der Waals surface area contributed by atoms with Crippen LogP contribution in [0.3, 0.4) is 0 Å². The van der Waals surface area contributed by atoms with E-state index in [1.54, 1.807) is 29.1 Å². The van der Waals surface area contributed by atoms with Gasteiger partial charge in [-0.3, -0.25) is 9.59 Å². The van der Waals surface area contributed by atoms with E-state index < -0.39 is 0 Å². The van der Waals surface area contributed by atoms with E-state index in [1.165, 1.54) is 0 Å². The standard InChI is InChI=1S/C30H37N3O5/c1-21-18-33(22(2)20-34)30(36)26-16-24(11-7-10-23-8-5-4-6-9-23)17-31-28(26)38-27(21)19-32(3)29(35)25-12-14-37-15-13-25/h4-6,8-9,16-17,21-22,25,27,34H,10,12-15,18-20H2,1-3H3/t21-,22-,27+/m1/s1. The van der Waals surface area contributed by atoms with Gasteiger partial charge in [0.15, 0.2) is 0 Å². The Balaban J connectivity index is 1.58. The van der Waals surface area contributed by atoms with Gasteiger partial charge in [-0.1, -0.05) is 49.1 Å². The van der Waals surface area contributed by atoms with Crippen LogP contribution in [-0.4, -0.2) is 83.8 Å². The number of benzene rings is 1. The van der Waals surface area contributed by atoms with Gasteiger partial charge in [-0.25, -0.2) is 4.98 Å². The van der Waals surface area contributed by atoms with Crippen LogP contribution in [-0.2, 0) is 16.0 Å². The number of likely N-dealkylation sites (N-methyl/N-ethyl adjacent to an activating group) is 1. The molecule has 0 aliphatic carbocycles. The lowest BCUT2D eigenvalue weighted by Gasteiger charge is -2.38. The zero-order valence-corrected chi connectivity index (χ0v) is 22.4. The van der Waals surface area contributed by atoms with Crippen LogP contribution >= 0.6 is 0 Å². The van der Waals surface area contributed by atoms with Crippen LogP contribution in [0.4, 0.5) is 0 Å². The fraction of sp³-hybridized carbons (Fsp3) is 0.500. The SMILES string of the molecule is C[C@@H]1CN([C@H](C)CO)C(=O)c2cc(C#CCc3ccccc3)cnc2O[C@H]1CN(C)C(=O)C1CCOCC1. The molecule has 1 N–H and O–H groups in total. The first kappa shape index (κ1) is 27.6. The lowest BCUT2D eigenvalue weighted by molar-refractivity contribution is -0.138. The van der Waals surface area contributed by atoms with E-state index in [9.17, 15) is 14.7 Å². The molecule has 0 unspecified atom stereocenters. The summed E-state index contributed by atoms with van der Waals surface area (Å²) in [6.07, 6.45) is 3.26. The summed E-state index contributed by atoms with van der Waals surface area (Å²) in [5.41, 5.74) is 2.04. The molecule has 0 spiro atoms. The van der Waals surface area contributed by atoms with Crippen molar-refractivity contribution in [1.29, 1.82) is 0 Å². The number of amides is 2. The highest BCUT2D eigenvalue weighted by Crippen LogP contribution is 2.28. The van der Waals surface area contributed by atoms with E-state index in [-0.39, 0.29) is 48.3 Å². The van der Waals surface area contributed by atoms with Crippen molar-refractivity contribution in [2.75, 3.05) is 40.0 Å². The van der Waals surface area contributed by atoms with Gasteiger partial charge in [-0.05, 0) is 31.4 Å². The van der Waals surface area contributed by atoms with Crippen LogP contribution in [0.15, 0.2) is 42.6 Å². The van der Waals surface area contributed by atoms with Crippen molar-refractivity contribution < 1.29 is 24.2 Å². The Morgan fingerprint density at radius 1 is 1.26 bits per heavy atom. The molecule has 1 aromatic heterocycles. The van der Waals surface area contributed by atoms with Crippen molar-refractivity contribution >= 4 is 11.8 Å². The number of carbonyl (C=O) groups excluding carboxylic acids is 2. The zero-order valence-electron chi connectivity index (χ0n) is 22.4. The number of carbonyl (C=O) groups is 2. The van der Waals surface area contributed by atoms with Crippen LogP contribution in [0.1, 0.15) is 48.2 Å². The largest absolute Gasteiger partial charge is 0.472 e. The highest BCUT2D eigenvalue weighted by molar-refractivity contribution is 5.97. The highest BCUT2D eigenvalue weighted by atomic mass is 16.5. The van der Waals surface area contributed by atoms with Crippen LogP contribution in [0, 0.1) is 23.7 Å². The first-order valence-electron chi connectivity index (χ1n) is 13.3. The lowest BCUT2D eigenvalue weighted by atomic mass is 9.97. The molecule has 2 aromatic rings. The molecule has 8 heteroatoms. The van der Waals surface area contributed by atoms with Gasteiger partial charge in [0.05, 0.1) is 19.2 Å². The zero-order chi connectivity index (χ0) is 27.1. The number of fused-ring (bicyclic) bond motifs is 1. The number of ether oxygens (including phenoxy) is 2. The number of hydrogen-bond acceptors (Lipinski definition) is 6. The lowest BCUT2D eigenvalue weighted by Crippen LogP contribution is -2.51. The molecule has 8 nitrogen and oxygen atoms in total. The predicted octanol–water partition coefficient (Wildman–Crippen LogP) is 2.78. The van der Waals surface area contributed by atoms with Crippen molar-refractivity contribution in [3.63, 3.8) is 0 Å². The van der Waals surface area contributed by atoms with E-state index in [4.69, 9.17) is 9.47 Å². The number of aliphatic hydroxyl groups is 1. The summed E-state index contributed by atoms with van der Waals surface area (Å²) < 4.78 is 11.7. The molecule has 3 heterocycles. The maximum Gasteiger partial charge on any atom is 0.259 e. The third kappa shape index (κ3) is 6.72. The Kier molecular flexibility index (Phi) is 9.38. The average molecular weight is 520 g/mol. The van der Waals surface area contributed by atoms with Gasteiger partial charge in [0, 0.05) is 56.8 Å². The van der Waals surface area contributed by atoms with Gasteiger partial charge in [0.25, 0.3) is 5.91 Å². The normalized spacial score (nSPS) is 20.7. The van der Waals surface area contributed by atoms with Crippen LogP contribution in [0.2, 0.25) is 0 Å². The van der Waals surface area contributed by atoms with Crippen molar-refractivity contribution in [3.05, 3.63) is 59.3 Å². The quantitative estimate of drug-likeness (QED) is 0.590. The highest BCUT2D eigenvalue weighted by Gasteiger charge is 2.35. The number of rotatable bonds is 6. The van der Waals surface area contributed by atoms with Gasteiger partial charge in [0.1, 0.15) is 11.7 Å². The maximum absolute atomic E-state index is 13.6. The maximum atomic E-state index is 13.6. The van der Waals surface area contributed by atoms with E-state index in [0.717, 1.165) is 18.4 Å². The second kappa shape index (κ2) is 12.9. The van der Waals surface area contributed by atoms with E-state index in [0.29, 0.717) is 43.9 Å². The molecule has 1 aromatic carbocycles. The molecule has 38 heavy (non-hydrogen) atoms. The van der Waals surface area contributed by atoms with Crippen molar-refractivity contribution in [2.24, 2.45) is 11.8 Å². The van der Waals surface area contributed by atoms with Crippen LogP contribution in [0.5, 0.6) is 5.88 Å². The fourth-order valence-electron chi connectivity index (χ4n) is 4.85. The molecule has 4 rings (SSSR count). The Morgan fingerprint density at radius 3 is 2.71 bits per heavy atom. The predicted molar refractivity (Wildman–Crippen MR) is 144 cm³/mol. The summed E-state index contributed by atoms with van der Waals surface area (Å²) in [7, 11) is 1.80. The van der Waals surface area contributed by atoms with Crippen molar-refractivity contribution in [2.45, 2.75) is 45.3 Å². The molecule has 0 bridgehead atoms. The molecule has 1 fully saturated rings. The van der Waals surface area contributed by atoms with Crippen molar-refractivity contribution in [3.8, 4) is 17.7 Å². The second-order valence-electron chi connectivity index (χ2n) is 10.3. The first-order valence-corrected chi connectivity index (χ1v) is 13.3. The summed E-state index contributed by atoms with van der Waals surface area (Å²) in [4.78, 5) is 34.6. The Bertz CT molecular complexity index is 1170. The molecular weight excluding hydrogens is 482 g/mol. The molecule has 2 aliphatic heterocycles. The monoisotopic (exact) mass is 519 g/mol. The Morgan fingerprint density at radius 2 is 2.00 bits per heavy atom. The van der Waals surface area contributed by atoms with Crippen LogP contribution in [0.25, 0.3) is 0 Å². The van der Waals surface area contributed by atoms with Crippen LogP contribution < -0.4 is 4.74 Å². The van der Waals surface area contributed by atoms with Gasteiger partial charge in [-0.2, -0.15) is 0 Å². The minimum Gasteiger partial charge on any atom is -0.472 e. The average Bonchev–Trinajstić information content (AvgIpc) is 2.95. The third-order valence-corrected chi connectivity index (χ3v) is 7.29. The molecule has 202 valence electrons. The smallest absolute Gasteiger partial charge is 0.259 e. The second-order valence-corrected chi connectivity index (χ2v) is 10.3. The molecule has 3 atom stereocenters. The molecule has 0 radical (unpaired) electrons. The summed E-state index contributed by atoms with van der Waals surface area (Å²) in [5, 5.41) is 9.88. The minimum atomic E-state index is -0.383. The first-order chi connectivity index (χ1) is 18.4. The summed E-state index contributed by atoms with van der Waals surface area (Å²) in [6, 6.07) is 11.3. The van der Waals surface area contributed by atoms with Crippen molar-refractivity contribution in [1.82, 2.24) is 14.8 Å². The number of pyridine rings is 1. The molecule has 2 aliphatic rings. The molecule has 0 saturated carbocycles. The number of hydrogen-bond donors (Lipinski definition) is 1. The number of nitrogens with zero attached hydrogens (tertiary/aromatic N) is 3. The number of aliphatic hydroxyl groups excluding tert-OH is 1. The van der Waals surface area contributed by atoms with Gasteiger partial charge in [-0.15, -0.1) is 0 Å². The fourth-order valence-corrected chi connectivity index (χ4v) is 4.85. The summed E-state index contributed by atoms with van der Waals surface area (Å²) in [5.74, 6) is 6.17. The summed E-state index contributed by atoms with van der Waals surface area (Å²) in [6.45, 7) is 5.61. The Labute approximate surface area is 224 Å². The van der Waals surface area contributed by atoms with E-state index >= 15 is 0 Å². The summed E-state index contributed by atoms with van der Waals surface area (Å²) >= 11 is 0. The minimum absolute atomic E-state index is 0.0486. The van der Waals surface area contributed by atoms with Gasteiger partial charge >= 0.3 is 0 Å².